The molecule has 0 bridgehead atoms. The molecule has 1 aromatic heterocycles. The van der Waals surface area contributed by atoms with Crippen LogP contribution in [0.3, 0.4) is 0 Å². The summed E-state index contributed by atoms with van der Waals surface area (Å²) in [5.41, 5.74) is 2.16. The van der Waals surface area contributed by atoms with Gasteiger partial charge in [-0.25, -0.2) is 4.98 Å². The summed E-state index contributed by atoms with van der Waals surface area (Å²) in [5, 5.41) is 4.15. The third kappa shape index (κ3) is 3.06. The van der Waals surface area contributed by atoms with Crippen LogP contribution in [0.15, 0.2) is 60.0 Å². The topological polar surface area (TPSA) is 56.5 Å². The molecular weight excluding hydrogens is 371 g/mol. The molecular formula is C20H14F3N3O2. The number of alkyl halides is 3. The number of fused-ring (bicyclic) bond motifs is 2. The van der Waals surface area contributed by atoms with E-state index in [0.29, 0.717) is 33.8 Å². The number of hydrogen-bond acceptors (Lipinski definition) is 4. The van der Waals surface area contributed by atoms with Crippen LogP contribution in [-0.2, 0) is 24.7 Å². The van der Waals surface area contributed by atoms with Crippen molar-refractivity contribution in [2.75, 3.05) is 0 Å². The molecule has 0 unspecified atom stereocenters. The van der Waals surface area contributed by atoms with Crippen molar-refractivity contribution >= 4 is 11.5 Å². The van der Waals surface area contributed by atoms with Gasteiger partial charge in [0.1, 0.15) is 23.7 Å². The Kier molecular flexibility index (Phi) is 4.26. The van der Waals surface area contributed by atoms with Gasteiger partial charge in [0, 0.05) is 18.2 Å². The van der Waals surface area contributed by atoms with Crippen LogP contribution < -0.4 is 0 Å². The molecule has 0 atom stereocenters. The van der Waals surface area contributed by atoms with Crippen molar-refractivity contribution in [3.63, 3.8) is 0 Å². The first-order valence-electron chi connectivity index (χ1n) is 8.38. The van der Waals surface area contributed by atoms with E-state index in [-0.39, 0.29) is 12.4 Å². The molecule has 28 heavy (non-hydrogen) atoms. The molecule has 0 saturated heterocycles. The van der Waals surface area contributed by atoms with E-state index in [1.165, 1.54) is 18.5 Å². The average Bonchev–Trinajstić information content (AvgIpc) is 3.06. The summed E-state index contributed by atoms with van der Waals surface area (Å²) in [6.07, 6.45) is -2.85. The molecule has 142 valence electrons. The van der Waals surface area contributed by atoms with Crippen LogP contribution >= 0.6 is 0 Å². The lowest BCUT2D eigenvalue weighted by Gasteiger charge is -2.17. The number of nitrogens with zero attached hydrogens (tertiary/aromatic N) is 3. The zero-order valence-corrected chi connectivity index (χ0v) is 14.7. The SMILES string of the molecule is Cn1cnc2c1C(=O)c1ccccc1C2=NOCc1ccc(C(F)(F)F)cc1. The van der Waals surface area contributed by atoms with Crippen molar-refractivity contribution in [3.05, 3.63) is 88.5 Å². The zero-order chi connectivity index (χ0) is 19.9. The Morgan fingerprint density at radius 3 is 2.43 bits per heavy atom. The highest BCUT2D eigenvalue weighted by molar-refractivity contribution is 6.28. The molecule has 1 aliphatic rings. The molecule has 5 nitrogen and oxygen atoms in total. The minimum atomic E-state index is -4.38. The number of ketones is 1. The monoisotopic (exact) mass is 385 g/mol. The predicted molar refractivity (Wildman–Crippen MR) is 95.0 cm³/mol. The maximum Gasteiger partial charge on any atom is 0.416 e. The van der Waals surface area contributed by atoms with Crippen molar-refractivity contribution in [3.8, 4) is 0 Å². The van der Waals surface area contributed by atoms with Gasteiger partial charge in [-0.2, -0.15) is 13.2 Å². The van der Waals surface area contributed by atoms with Crippen molar-refractivity contribution in [1.29, 1.82) is 0 Å². The van der Waals surface area contributed by atoms with Gasteiger partial charge in [-0.05, 0) is 17.7 Å². The van der Waals surface area contributed by atoms with Gasteiger partial charge in [-0.3, -0.25) is 4.79 Å². The van der Waals surface area contributed by atoms with E-state index < -0.39 is 11.7 Å². The summed E-state index contributed by atoms with van der Waals surface area (Å²) in [7, 11) is 1.72. The standard InChI is InChI=1S/C20H14F3N3O2/c1-26-11-24-17-16(14-4-2-3-5-15(14)19(27)18(17)26)25-28-10-12-6-8-13(9-7-12)20(21,22)23/h2-9,11H,10H2,1H3. The minimum absolute atomic E-state index is 0.0140. The zero-order valence-electron chi connectivity index (χ0n) is 14.7. The van der Waals surface area contributed by atoms with E-state index in [4.69, 9.17) is 4.84 Å². The van der Waals surface area contributed by atoms with Gasteiger partial charge in [-0.15, -0.1) is 0 Å². The molecule has 1 aliphatic carbocycles. The predicted octanol–water partition coefficient (Wildman–Crippen LogP) is 3.95. The molecule has 0 saturated carbocycles. The smallest absolute Gasteiger partial charge is 0.390 e. The number of aromatic nitrogens is 2. The summed E-state index contributed by atoms with van der Waals surface area (Å²) in [6.45, 7) is -0.0140. The highest BCUT2D eigenvalue weighted by atomic mass is 19.4. The lowest BCUT2D eigenvalue weighted by Crippen LogP contribution is -2.23. The van der Waals surface area contributed by atoms with Crippen LogP contribution in [0.4, 0.5) is 13.2 Å². The van der Waals surface area contributed by atoms with E-state index in [1.54, 1.807) is 35.9 Å². The van der Waals surface area contributed by atoms with Gasteiger partial charge < -0.3 is 9.40 Å². The van der Waals surface area contributed by atoms with E-state index in [0.717, 1.165) is 12.1 Å². The third-order valence-electron chi connectivity index (χ3n) is 4.47. The van der Waals surface area contributed by atoms with Crippen LogP contribution in [0.1, 0.15) is 38.4 Å². The van der Waals surface area contributed by atoms with Crippen LogP contribution in [-0.4, -0.2) is 21.0 Å². The first-order chi connectivity index (χ1) is 13.4. The lowest BCUT2D eigenvalue weighted by molar-refractivity contribution is -0.137. The Morgan fingerprint density at radius 2 is 1.75 bits per heavy atom. The number of carbonyl (C=O) groups is 1. The molecule has 0 radical (unpaired) electrons. The maximum atomic E-state index is 12.7. The molecule has 0 aliphatic heterocycles. The Morgan fingerprint density at radius 1 is 1.07 bits per heavy atom. The van der Waals surface area contributed by atoms with Crippen molar-refractivity contribution in [2.45, 2.75) is 12.8 Å². The minimum Gasteiger partial charge on any atom is -0.390 e. The number of carbonyl (C=O) groups excluding carboxylic acids is 1. The molecule has 0 amide bonds. The van der Waals surface area contributed by atoms with Gasteiger partial charge >= 0.3 is 6.18 Å². The largest absolute Gasteiger partial charge is 0.416 e. The summed E-state index contributed by atoms with van der Waals surface area (Å²) in [6, 6.07) is 11.7. The van der Waals surface area contributed by atoms with Crippen LogP contribution in [0.5, 0.6) is 0 Å². The van der Waals surface area contributed by atoms with Crippen molar-refractivity contribution < 1.29 is 22.8 Å². The van der Waals surface area contributed by atoms with Crippen molar-refractivity contribution in [2.24, 2.45) is 12.2 Å². The molecule has 0 spiro atoms. The van der Waals surface area contributed by atoms with Gasteiger partial charge in [0.25, 0.3) is 0 Å². The van der Waals surface area contributed by atoms with Gasteiger partial charge in [0.15, 0.2) is 0 Å². The molecule has 4 rings (SSSR count). The Bertz CT molecular complexity index is 1080. The fraction of sp³-hybridized carbons (Fsp3) is 0.150. The molecule has 3 aromatic rings. The van der Waals surface area contributed by atoms with E-state index >= 15 is 0 Å². The van der Waals surface area contributed by atoms with Crippen LogP contribution in [0.2, 0.25) is 0 Å². The molecule has 8 heteroatoms. The van der Waals surface area contributed by atoms with Gasteiger partial charge in [0.05, 0.1) is 11.9 Å². The van der Waals surface area contributed by atoms with Gasteiger partial charge in [-0.1, -0.05) is 41.6 Å². The normalized spacial score (nSPS) is 14.7. The second kappa shape index (κ2) is 6.63. The van der Waals surface area contributed by atoms with E-state index in [9.17, 15) is 18.0 Å². The summed E-state index contributed by atoms with van der Waals surface area (Å²) < 4.78 is 39.5. The number of benzene rings is 2. The quantitative estimate of drug-likeness (QED) is 0.502. The second-order valence-corrected chi connectivity index (χ2v) is 6.34. The first-order valence-corrected chi connectivity index (χ1v) is 8.38. The Labute approximate surface area is 158 Å². The van der Waals surface area contributed by atoms with Gasteiger partial charge in [0.2, 0.25) is 5.78 Å². The summed E-state index contributed by atoms with van der Waals surface area (Å²) >= 11 is 0. The van der Waals surface area contributed by atoms with Crippen LogP contribution in [0.25, 0.3) is 0 Å². The third-order valence-corrected chi connectivity index (χ3v) is 4.47. The number of imidazole rings is 1. The Hall–Kier alpha value is -3.42. The number of aryl methyl sites for hydroxylation is 1. The van der Waals surface area contributed by atoms with Crippen LogP contribution in [0, 0.1) is 0 Å². The van der Waals surface area contributed by atoms with E-state index in [1.807, 2.05) is 0 Å². The molecule has 2 aromatic carbocycles. The number of halogens is 3. The summed E-state index contributed by atoms with van der Waals surface area (Å²) in [4.78, 5) is 22.3. The number of oxime groups is 1. The first kappa shape index (κ1) is 18.0. The highest BCUT2D eigenvalue weighted by Gasteiger charge is 2.32. The molecule has 1 heterocycles. The highest BCUT2D eigenvalue weighted by Crippen LogP contribution is 2.29. The Balaban J connectivity index is 1.62. The number of hydrogen-bond donors (Lipinski definition) is 0. The lowest BCUT2D eigenvalue weighted by atomic mass is 9.89. The fourth-order valence-electron chi connectivity index (χ4n) is 3.07. The summed E-state index contributed by atoms with van der Waals surface area (Å²) in [5.74, 6) is -0.146. The molecule has 0 fully saturated rings. The maximum absolute atomic E-state index is 12.7. The second-order valence-electron chi connectivity index (χ2n) is 6.34. The molecule has 0 N–H and O–H groups in total. The van der Waals surface area contributed by atoms with Crippen molar-refractivity contribution in [1.82, 2.24) is 9.55 Å². The number of rotatable bonds is 3. The fourth-order valence-corrected chi connectivity index (χ4v) is 3.07. The average molecular weight is 385 g/mol. The van der Waals surface area contributed by atoms with E-state index in [2.05, 4.69) is 10.1 Å².